The van der Waals surface area contributed by atoms with E-state index in [-0.39, 0.29) is 12.8 Å². The van der Waals surface area contributed by atoms with Gasteiger partial charge in [0.1, 0.15) is 43.2 Å². The van der Waals surface area contributed by atoms with Gasteiger partial charge in [-0.3, -0.25) is 18.6 Å². The van der Waals surface area contributed by atoms with Crippen molar-refractivity contribution in [2.75, 3.05) is 13.2 Å². The van der Waals surface area contributed by atoms with E-state index >= 15 is 0 Å². The standard InChI is InChI=1S/C50H95O13P/c1-3-5-7-9-11-13-15-17-19-21-23-24-26-28-30-32-34-36-38-43(51)60-40-42(41-61-64(58,59)63-50-48(56)46(54)45(53)47(55)49(50)57)62-44(52)39-37-35-33-31-29-27-25-22-20-18-16-14-12-10-8-6-4-2/h18,20,42,45-50,53-57H,3-17,19,21-41H2,1-2H3,(H,58,59)/b20-18-. The Hall–Kier alpha value is -1.41. The van der Waals surface area contributed by atoms with Crippen LogP contribution in [0.25, 0.3) is 0 Å². The van der Waals surface area contributed by atoms with Crippen molar-refractivity contribution >= 4 is 19.8 Å². The first-order chi connectivity index (χ1) is 30.9. The van der Waals surface area contributed by atoms with Crippen LogP contribution in [-0.4, -0.2) is 98.3 Å². The number of phosphoric ester groups is 1. The van der Waals surface area contributed by atoms with Gasteiger partial charge in [0.2, 0.25) is 0 Å². The van der Waals surface area contributed by atoms with Crippen LogP contribution in [0.5, 0.6) is 0 Å². The number of carbonyl (C=O) groups is 2. The van der Waals surface area contributed by atoms with E-state index in [0.29, 0.717) is 12.8 Å². The Morgan fingerprint density at radius 1 is 0.469 bits per heavy atom. The van der Waals surface area contributed by atoms with E-state index in [4.69, 9.17) is 18.5 Å². The summed E-state index contributed by atoms with van der Waals surface area (Å²) in [6.45, 7) is 3.33. The third-order valence-corrected chi connectivity index (χ3v) is 13.3. The van der Waals surface area contributed by atoms with Crippen molar-refractivity contribution < 1.29 is 63.1 Å². The van der Waals surface area contributed by atoms with Gasteiger partial charge in [-0.25, -0.2) is 4.57 Å². The first-order valence-corrected chi connectivity index (χ1v) is 27.5. The monoisotopic (exact) mass is 935 g/mol. The molecule has 0 saturated heterocycles. The van der Waals surface area contributed by atoms with E-state index in [1.807, 2.05) is 0 Å². The van der Waals surface area contributed by atoms with Crippen LogP contribution in [0.2, 0.25) is 0 Å². The molecular formula is C50H95O13P. The van der Waals surface area contributed by atoms with Gasteiger partial charge in [0.05, 0.1) is 6.61 Å². The van der Waals surface area contributed by atoms with E-state index in [9.17, 15) is 44.6 Å². The second-order valence-corrected chi connectivity index (χ2v) is 19.8. The second-order valence-electron chi connectivity index (χ2n) is 18.4. The molecule has 6 atom stereocenters. The van der Waals surface area contributed by atoms with Gasteiger partial charge < -0.3 is 39.9 Å². The summed E-state index contributed by atoms with van der Waals surface area (Å²) in [4.78, 5) is 35.8. The number of unbranched alkanes of at least 4 members (excludes halogenated alkanes) is 30. The molecule has 0 aromatic carbocycles. The number of carbonyl (C=O) groups excluding carboxylic acids is 2. The lowest BCUT2D eigenvalue weighted by atomic mass is 9.85. The van der Waals surface area contributed by atoms with E-state index in [2.05, 4.69) is 26.0 Å². The summed E-state index contributed by atoms with van der Waals surface area (Å²) in [6.07, 6.45) is 31.1. The Morgan fingerprint density at radius 3 is 1.19 bits per heavy atom. The largest absolute Gasteiger partial charge is 0.472 e. The van der Waals surface area contributed by atoms with Gasteiger partial charge in [0.15, 0.2) is 6.10 Å². The molecule has 13 nitrogen and oxygen atoms in total. The summed E-state index contributed by atoms with van der Waals surface area (Å²) in [5, 5.41) is 50.3. The first-order valence-electron chi connectivity index (χ1n) is 26.0. The minimum Gasteiger partial charge on any atom is -0.462 e. The zero-order valence-corrected chi connectivity index (χ0v) is 41.2. The molecule has 14 heteroatoms. The van der Waals surface area contributed by atoms with Crippen LogP contribution in [0.3, 0.4) is 0 Å². The molecular weight excluding hydrogens is 840 g/mol. The number of esters is 2. The van der Waals surface area contributed by atoms with Gasteiger partial charge >= 0.3 is 19.8 Å². The lowest BCUT2D eigenvalue weighted by Crippen LogP contribution is -2.64. The fourth-order valence-corrected chi connectivity index (χ4v) is 9.14. The molecule has 1 fully saturated rings. The quantitative estimate of drug-likeness (QED) is 0.0146. The molecule has 0 heterocycles. The molecule has 0 aromatic rings. The molecule has 0 aliphatic heterocycles. The summed E-state index contributed by atoms with van der Waals surface area (Å²) in [6, 6.07) is 0. The number of aliphatic hydroxyl groups excluding tert-OH is 5. The molecule has 1 saturated carbocycles. The lowest BCUT2D eigenvalue weighted by Gasteiger charge is -2.41. The van der Waals surface area contributed by atoms with Crippen molar-refractivity contribution in [3.63, 3.8) is 0 Å². The summed E-state index contributed by atoms with van der Waals surface area (Å²) in [7, 11) is -5.12. The molecule has 0 spiro atoms. The minimum atomic E-state index is -5.12. The highest BCUT2D eigenvalue weighted by molar-refractivity contribution is 7.47. The summed E-state index contributed by atoms with van der Waals surface area (Å²) >= 11 is 0. The fourth-order valence-electron chi connectivity index (χ4n) is 8.17. The van der Waals surface area contributed by atoms with E-state index in [0.717, 1.165) is 51.4 Å². The zero-order valence-electron chi connectivity index (χ0n) is 40.3. The Bertz CT molecular complexity index is 1170. The minimum absolute atomic E-state index is 0.0962. The summed E-state index contributed by atoms with van der Waals surface area (Å²) in [5.74, 6) is -1.09. The molecule has 0 aromatic heterocycles. The van der Waals surface area contributed by atoms with Crippen molar-refractivity contribution in [3.05, 3.63) is 12.2 Å². The molecule has 6 unspecified atom stereocenters. The molecule has 0 bridgehead atoms. The third kappa shape index (κ3) is 32.3. The van der Waals surface area contributed by atoms with E-state index < -0.39 is 75.7 Å². The molecule has 0 amide bonds. The Balaban J connectivity index is 2.39. The maximum Gasteiger partial charge on any atom is 0.472 e. The van der Waals surface area contributed by atoms with Crippen molar-refractivity contribution in [1.29, 1.82) is 0 Å². The molecule has 0 radical (unpaired) electrons. The van der Waals surface area contributed by atoms with Crippen LogP contribution in [0.4, 0.5) is 0 Å². The molecule has 6 N–H and O–H groups in total. The van der Waals surface area contributed by atoms with Crippen molar-refractivity contribution in [2.24, 2.45) is 0 Å². The molecule has 378 valence electrons. The van der Waals surface area contributed by atoms with Gasteiger partial charge in [0.25, 0.3) is 0 Å². The van der Waals surface area contributed by atoms with Gasteiger partial charge in [-0.05, 0) is 38.5 Å². The molecule has 1 aliphatic carbocycles. The number of ether oxygens (including phenoxy) is 2. The predicted octanol–water partition coefficient (Wildman–Crippen LogP) is 11.0. The number of aliphatic hydroxyl groups is 5. The average molecular weight is 935 g/mol. The number of allylic oxidation sites excluding steroid dienone is 2. The second kappa shape index (κ2) is 40.6. The van der Waals surface area contributed by atoms with Crippen LogP contribution in [0.15, 0.2) is 12.2 Å². The normalized spacial score (nSPS) is 21.6. The van der Waals surface area contributed by atoms with Crippen LogP contribution >= 0.6 is 7.82 Å². The average Bonchev–Trinajstić information content (AvgIpc) is 3.28. The number of hydrogen-bond donors (Lipinski definition) is 6. The Morgan fingerprint density at radius 2 is 0.797 bits per heavy atom. The number of rotatable bonds is 44. The highest BCUT2D eigenvalue weighted by Crippen LogP contribution is 2.47. The van der Waals surface area contributed by atoms with Gasteiger partial charge in [-0.2, -0.15) is 0 Å². The Labute approximate surface area is 388 Å². The number of hydrogen-bond acceptors (Lipinski definition) is 12. The van der Waals surface area contributed by atoms with Crippen molar-refractivity contribution in [1.82, 2.24) is 0 Å². The van der Waals surface area contributed by atoms with Gasteiger partial charge in [0, 0.05) is 12.8 Å². The zero-order chi connectivity index (χ0) is 47.1. The highest BCUT2D eigenvalue weighted by Gasteiger charge is 2.51. The van der Waals surface area contributed by atoms with Crippen molar-refractivity contribution in [3.8, 4) is 0 Å². The van der Waals surface area contributed by atoms with Gasteiger partial charge in [-0.15, -0.1) is 0 Å². The van der Waals surface area contributed by atoms with E-state index in [1.165, 1.54) is 148 Å². The Kier molecular flexibility index (Phi) is 38.5. The topological polar surface area (TPSA) is 210 Å². The van der Waals surface area contributed by atoms with Gasteiger partial charge in [-0.1, -0.05) is 199 Å². The SMILES string of the molecule is CCCCCCCC/C=C\CCCCCCCCCC(=O)OC(COC(=O)CCCCCCCCCCCCCCCCCCCC)COP(=O)(O)OC1C(O)C(O)C(O)C(O)C1O. The highest BCUT2D eigenvalue weighted by atomic mass is 31.2. The van der Waals surface area contributed by atoms with Crippen molar-refractivity contribution in [2.45, 2.75) is 281 Å². The molecule has 1 rings (SSSR count). The summed E-state index contributed by atoms with van der Waals surface area (Å²) < 4.78 is 33.6. The lowest BCUT2D eigenvalue weighted by molar-refractivity contribution is -0.220. The molecule has 64 heavy (non-hydrogen) atoms. The fraction of sp³-hybridized carbons (Fsp3) is 0.920. The maximum absolute atomic E-state index is 12.8. The van der Waals surface area contributed by atoms with Crippen LogP contribution in [-0.2, 0) is 32.7 Å². The predicted molar refractivity (Wildman–Crippen MR) is 254 cm³/mol. The summed E-state index contributed by atoms with van der Waals surface area (Å²) in [5.41, 5.74) is 0. The third-order valence-electron chi connectivity index (χ3n) is 12.4. The van der Waals surface area contributed by atoms with Crippen LogP contribution < -0.4 is 0 Å². The smallest absolute Gasteiger partial charge is 0.462 e. The number of phosphoric acid groups is 1. The van der Waals surface area contributed by atoms with E-state index in [1.54, 1.807) is 0 Å². The molecule has 1 aliphatic rings. The first kappa shape index (κ1) is 60.6. The van der Waals surface area contributed by atoms with Crippen LogP contribution in [0, 0.1) is 0 Å². The van der Waals surface area contributed by atoms with Crippen LogP contribution in [0.1, 0.15) is 239 Å². The maximum atomic E-state index is 12.8.